The van der Waals surface area contributed by atoms with Crippen molar-refractivity contribution < 1.29 is 4.74 Å². The van der Waals surface area contributed by atoms with Crippen molar-refractivity contribution in [3.8, 4) is 27.7 Å². The zero-order chi connectivity index (χ0) is 21.2. The second-order valence-corrected chi connectivity index (χ2v) is 8.73. The van der Waals surface area contributed by atoms with Crippen molar-refractivity contribution in [2.75, 3.05) is 19.4 Å². The Balaban J connectivity index is 1.28. The largest absolute Gasteiger partial charge is 0.497 e. The highest BCUT2D eigenvalue weighted by Gasteiger charge is 2.20. The molecule has 2 aromatic heterocycles. The average molecular weight is 430 g/mol. The molecular weight excluding hydrogens is 406 g/mol. The van der Waals surface area contributed by atoms with Gasteiger partial charge in [0.2, 0.25) is 0 Å². The number of aromatic nitrogens is 3. The minimum absolute atomic E-state index is 0.745. The van der Waals surface area contributed by atoms with E-state index in [2.05, 4.69) is 20.9 Å². The second kappa shape index (κ2) is 8.45. The van der Waals surface area contributed by atoms with Gasteiger partial charge in [0.05, 0.1) is 12.8 Å². The number of anilines is 1. The Hall–Kier alpha value is -3.29. The molecule has 7 heteroatoms. The van der Waals surface area contributed by atoms with Crippen molar-refractivity contribution in [3.63, 3.8) is 0 Å². The van der Waals surface area contributed by atoms with Crippen LogP contribution < -0.4 is 10.5 Å². The number of methoxy groups -OCH3 is 1. The normalized spacial score (nSPS) is 13.7. The van der Waals surface area contributed by atoms with Crippen molar-refractivity contribution in [1.82, 2.24) is 19.9 Å². The number of nitrogen functional groups attached to an aromatic ring is 1. The highest BCUT2D eigenvalue weighted by atomic mass is 32.1. The number of rotatable bonds is 5. The van der Waals surface area contributed by atoms with Gasteiger partial charge in [-0.15, -0.1) is 11.3 Å². The van der Waals surface area contributed by atoms with E-state index in [0.717, 1.165) is 65.1 Å². The van der Waals surface area contributed by atoms with E-state index >= 15 is 0 Å². The molecule has 1 aliphatic rings. The number of thiazole rings is 1. The van der Waals surface area contributed by atoms with Crippen molar-refractivity contribution in [2.45, 2.75) is 19.5 Å². The van der Waals surface area contributed by atoms with Crippen LogP contribution in [0.25, 0.3) is 22.0 Å². The fraction of sp³-hybridized carbons (Fsp3) is 0.208. The lowest BCUT2D eigenvalue weighted by Crippen LogP contribution is -2.30. The topological polar surface area (TPSA) is 77.2 Å². The molecule has 0 bridgehead atoms. The molecule has 6 nitrogen and oxygen atoms in total. The molecule has 0 saturated carbocycles. The number of ether oxygens (including phenoxy) is 1. The summed E-state index contributed by atoms with van der Waals surface area (Å²) in [7, 11) is 1.68. The van der Waals surface area contributed by atoms with Gasteiger partial charge in [-0.2, -0.15) is 0 Å². The molecule has 0 atom stereocenters. The lowest BCUT2D eigenvalue weighted by Gasteiger charge is -2.27. The Bertz CT molecular complexity index is 1200. The van der Waals surface area contributed by atoms with Crippen LogP contribution in [-0.2, 0) is 19.5 Å². The molecule has 5 rings (SSSR count). The van der Waals surface area contributed by atoms with Gasteiger partial charge in [0.25, 0.3) is 0 Å². The molecule has 2 N–H and O–H groups in total. The monoisotopic (exact) mass is 429 g/mol. The summed E-state index contributed by atoms with van der Waals surface area (Å²) in [6.45, 7) is 2.70. The third kappa shape index (κ3) is 4.28. The SMILES string of the molecule is COc1cccc(-c2ncc(CN3CCc4nc(-c5ccc(N)cc5)ncc4C3)s2)c1. The summed E-state index contributed by atoms with van der Waals surface area (Å²) >= 11 is 1.73. The first-order chi connectivity index (χ1) is 15.2. The Morgan fingerprint density at radius 3 is 2.77 bits per heavy atom. The molecule has 31 heavy (non-hydrogen) atoms. The predicted octanol–water partition coefficient (Wildman–Crippen LogP) is 4.42. The molecule has 0 spiro atoms. The summed E-state index contributed by atoms with van der Waals surface area (Å²) < 4.78 is 5.33. The third-order valence-corrected chi connectivity index (χ3v) is 6.46. The number of nitrogens with two attached hydrogens (primary N) is 1. The fourth-order valence-electron chi connectivity index (χ4n) is 3.77. The Morgan fingerprint density at radius 2 is 1.94 bits per heavy atom. The van der Waals surface area contributed by atoms with E-state index < -0.39 is 0 Å². The summed E-state index contributed by atoms with van der Waals surface area (Å²) in [5.41, 5.74) is 10.9. The summed E-state index contributed by atoms with van der Waals surface area (Å²) in [5.74, 6) is 1.61. The zero-order valence-corrected chi connectivity index (χ0v) is 18.1. The van der Waals surface area contributed by atoms with Crippen LogP contribution in [0.2, 0.25) is 0 Å². The second-order valence-electron chi connectivity index (χ2n) is 7.61. The number of hydrogen-bond donors (Lipinski definition) is 1. The molecule has 0 unspecified atom stereocenters. The van der Waals surface area contributed by atoms with Crippen LogP contribution in [0, 0.1) is 0 Å². The Kier molecular flexibility index (Phi) is 5.36. The van der Waals surface area contributed by atoms with Crippen LogP contribution >= 0.6 is 11.3 Å². The summed E-state index contributed by atoms with van der Waals surface area (Å²) in [6, 6.07) is 15.7. The van der Waals surface area contributed by atoms with Crippen molar-refractivity contribution in [2.24, 2.45) is 0 Å². The molecule has 0 saturated heterocycles. The van der Waals surface area contributed by atoms with E-state index in [1.54, 1.807) is 18.4 Å². The standard InChI is InChI=1S/C24H23N5OS/c1-30-20-4-2-3-17(11-20)24-27-13-21(31-24)15-29-10-9-22-18(14-29)12-26-23(28-22)16-5-7-19(25)8-6-16/h2-8,11-13H,9-10,14-15,25H2,1H3. The molecule has 4 aromatic rings. The maximum Gasteiger partial charge on any atom is 0.159 e. The van der Waals surface area contributed by atoms with E-state index in [0.29, 0.717) is 0 Å². The lowest BCUT2D eigenvalue weighted by atomic mass is 10.1. The minimum atomic E-state index is 0.745. The van der Waals surface area contributed by atoms with Crippen LogP contribution in [0.3, 0.4) is 0 Å². The van der Waals surface area contributed by atoms with E-state index in [-0.39, 0.29) is 0 Å². The van der Waals surface area contributed by atoms with Gasteiger partial charge in [-0.3, -0.25) is 4.90 Å². The van der Waals surface area contributed by atoms with Gasteiger partial charge >= 0.3 is 0 Å². The van der Waals surface area contributed by atoms with Gasteiger partial charge in [-0.1, -0.05) is 12.1 Å². The summed E-state index contributed by atoms with van der Waals surface area (Å²) in [5, 5.41) is 1.02. The van der Waals surface area contributed by atoms with Crippen LogP contribution in [0.4, 0.5) is 5.69 Å². The number of hydrogen-bond acceptors (Lipinski definition) is 7. The highest BCUT2D eigenvalue weighted by Crippen LogP contribution is 2.29. The molecular formula is C24H23N5OS. The molecule has 0 radical (unpaired) electrons. The molecule has 0 fully saturated rings. The van der Waals surface area contributed by atoms with Crippen LogP contribution in [0.1, 0.15) is 16.1 Å². The van der Waals surface area contributed by atoms with E-state index in [1.807, 2.05) is 54.9 Å². The lowest BCUT2D eigenvalue weighted by molar-refractivity contribution is 0.245. The number of benzene rings is 2. The van der Waals surface area contributed by atoms with Crippen LogP contribution in [0.5, 0.6) is 5.75 Å². The van der Waals surface area contributed by atoms with E-state index in [9.17, 15) is 0 Å². The van der Waals surface area contributed by atoms with Gasteiger partial charge < -0.3 is 10.5 Å². The van der Waals surface area contributed by atoms with Crippen molar-refractivity contribution in [3.05, 3.63) is 77.1 Å². The average Bonchev–Trinajstić information content (AvgIpc) is 3.28. The fourth-order valence-corrected chi connectivity index (χ4v) is 4.72. The molecule has 2 aromatic carbocycles. The summed E-state index contributed by atoms with van der Waals surface area (Å²) in [6.07, 6.45) is 4.87. The maximum atomic E-state index is 5.79. The smallest absolute Gasteiger partial charge is 0.159 e. The zero-order valence-electron chi connectivity index (χ0n) is 17.3. The van der Waals surface area contributed by atoms with Crippen LogP contribution in [-0.4, -0.2) is 33.5 Å². The first-order valence-electron chi connectivity index (χ1n) is 10.2. The third-order valence-electron chi connectivity index (χ3n) is 5.43. The minimum Gasteiger partial charge on any atom is -0.497 e. The van der Waals surface area contributed by atoms with Crippen molar-refractivity contribution >= 4 is 17.0 Å². The number of nitrogens with zero attached hydrogens (tertiary/aromatic N) is 4. The van der Waals surface area contributed by atoms with E-state index in [1.165, 1.54) is 10.4 Å². The Morgan fingerprint density at radius 1 is 1.06 bits per heavy atom. The quantitative estimate of drug-likeness (QED) is 0.473. The number of fused-ring (bicyclic) bond motifs is 1. The van der Waals surface area contributed by atoms with E-state index in [4.69, 9.17) is 15.5 Å². The maximum absolute atomic E-state index is 5.79. The Labute approximate surface area is 185 Å². The molecule has 1 aliphatic heterocycles. The molecule has 0 amide bonds. The summed E-state index contributed by atoms with van der Waals surface area (Å²) in [4.78, 5) is 17.7. The van der Waals surface area contributed by atoms with Gasteiger partial charge in [0.15, 0.2) is 5.82 Å². The molecule has 0 aliphatic carbocycles. The molecule has 156 valence electrons. The van der Waals surface area contributed by atoms with Gasteiger partial charge in [0.1, 0.15) is 10.8 Å². The van der Waals surface area contributed by atoms with Gasteiger partial charge in [-0.05, 0) is 36.4 Å². The molecule has 3 heterocycles. The highest BCUT2D eigenvalue weighted by molar-refractivity contribution is 7.15. The predicted molar refractivity (Wildman–Crippen MR) is 124 cm³/mol. The van der Waals surface area contributed by atoms with Gasteiger partial charge in [0, 0.05) is 65.7 Å². The van der Waals surface area contributed by atoms with Gasteiger partial charge in [-0.25, -0.2) is 15.0 Å². The van der Waals surface area contributed by atoms with Crippen LogP contribution in [0.15, 0.2) is 60.9 Å². The first kappa shape index (κ1) is 19.7. The first-order valence-corrected chi connectivity index (χ1v) is 11.0. The van der Waals surface area contributed by atoms with Crippen molar-refractivity contribution in [1.29, 1.82) is 0 Å².